The van der Waals surface area contributed by atoms with E-state index in [1.165, 1.54) is 148 Å². The zero-order valence-corrected chi connectivity index (χ0v) is 42.0. The molecule has 386 valence electrons. The maximum absolute atomic E-state index is 13.2. The fourth-order valence-corrected chi connectivity index (χ4v) is 9.21. The van der Waals surface area contributed by atoms with Crippen LogP contribution in [0.4, 0.5) is 0 Å². The Bertz CT molecular complexity index is 1230. The molecule has 13 nitrogen and oxygen atoms in total. The average Bonchev–Trinajstić information content (AvgIpc) is 3.28. The molecule has 7 N–H and O–H groups in total. The van der Waals surface area contributed by atoms with E-state index in [0.29, 0.717) is 19.3 Å². The van der Waals surface area contributed by atoms with E-state index < -0.39 is 78.5 Å². The molecule has 8 atom stereocenters. The molecule has 8 unspecified atom stereocenters. The molecule has 0 radical (unpaired) electrons. The minimum absolute atomic E-state index is 0.255. The van der Waals surface area contributed by atoms with Crippen LogP contribution in [0.25, 0.3) is 0 Å². The van der Waals surface area contributed by atoms with Crippen molar-refractivity contribution in [2.24, 2.45) is 0 Å². The van der Waals surface area contributed by atoms with E-state index in [1.807, 2.05) is 0 Å². The molecule has 0 aromatic carbocycles. The number of ether oxygens (including phenoxy) is 2. The summed E-state index contributed by atoms with van der Waals surface area (Å²) in [7, 11) is -5.11. The van der Waals surface area contributed by atoms with Gasteiger partial charge in [-0.15, -0.1) is 0 Å². The lowest BCUT2D eigenvalue weighted by Crippen LogP contribution is -2.61. The van der Waals surface area contributed by atoms with Gasteiger partial charge in [0, 0.05) is 0 Å². The first kappa shape index (κ1) is 61.8. The van der Waals surface area contributed by atoms with Gasteiger partial charge in [-0.2, -0.15) is 8.42 Å². The first-order valence-corrected chi connectivity index (χ1v) is 28.0. The molecule has 0 aromatic rings. The van der Waals surface area contributed by atoms with Crippen LogP contribution in [0.1, 0.15) is 245 Å². The summed E-state index contributed by atoms with van der Waals surface area (Å²) in [6.45, 7) is 3.31. The highest BCUT2D eigenvalue weighted by molar-refractivity contribution is 7.80. The van der Waals surface area contributed by atoms with E-state index in [2.05, 4.69) is 35.5 Å². The summed E-state index contributed by atoms with van der Waals surface area (Å²) in [5, 5.41) is 55.6. The van der Waals surface area contributed by atoms with E-state index in [4.69, 9.17) is 9.47 Å². The lowest BCUT2D eigenvalue weighted by Gasteiger charge is -2.41. The lowest BCUT2D eigenvalue weighted by atomic mass is 9.99. The highest BCUT2D eigenvalue weighted by Gasteiger charge is 2.48. The summed E-state index contributed by atoms with van der Waals surface area (Å²) in [6, 6.07) is -1.03. The zero-order valence-electron chi connectivity index (χ0n) is 41.2. The minimum atomic E-state index is -5.11. The smallest absolute Gasteiger partial charge is 0.394 e. The number of nitrogens with one attached hydrogen (secondary N) is 1. The molecule has 14 heteroatoms. The van der Waals surface area contributed by atoms with Crippen LogP contribution in [0.5, 0.6) is 0 Å². The molecule has 0 aromatic heterocycles. The Balaban J connectivity index is 2.45. The molecular formula is C51H99NO12S. The third kappa shape index (κ3) is 33.9. The number of rotatable bonds is 46. The first-order valence-electron chi connectivity index (χ1n) is 26.7. The molecule has 65 heavy (non-hydrogen) atoms. The molecular weight excluding hydrogens is 851 g/mol. The van der Waals surface area contributed by atoms with Crippen LogP contribution in [0.3, 0.4) is 0 Å². The molecule has 0 spiro atoms. The van der Waals surface area contributed by atoms with Crippen LogP contribution in [0.2, 0.25) is 0 Å². The van der Waals surface area contributed by atoms with Gasteiger partial charge in [-0.1, -0.05) is 219 Å². The van der Waals surface area contributed by atoms with Crippen molar-refractivity contribution in [2.75, 3.05) is 13.2 Å². The Morgan fingerprint density at radius 3 is 1.38 bits per heavy atom. The van der Waals surface area contributed by atoms with Gasteiger partial charge >= 0.3 is 10.4 Å². The molecule has 0 saturated carbocycles. The number of allylic oxidation sites excluding steroid dienone is 2. The number of hydrogen-bond donors (Lipinski definition) is 7. The Morgan fingerprint density at radius 2 is 0.985 bits per heavy atom. The van der Waals surface area contributed by atoms with Gasteiger partial charge in [-0.25, -0.2) is 4.18 Å². The maximum atomic E-state index is 13.2. The monoisotopic (exact) mass is 950 g/mol. The van der Waals surface area contributed by atoms with Crippen molar-refractivity contribution in [1.29, 1.82) is 0 Å². The van der Waals surface area contributed by atoms with Crippen molar-refractivity contribution >= 4 is 16.3 Å². The zero-order chi connectivity index (χ0) is 47.8. The minimum Gasteiger partial charge on any atom is -0.394 e. The van der Waals surface area contributed by atoms with Crippen molar-refractivity contribution in [2.45, 2.75) is 294 Å². The Kier molecular flexibility index (Phi) is 39.7. The average molecular weight is 950 g/mol. The molecule has 1 fully saturated rings. The second-order valence-electron chi connectivity index (χ2n) is 19.0. The quantitative estimate of drug-likeness (QED) is 0.0173. The van der Waals surface area contributed by atoms with Crippen LogP contribution < -0.4 is 5.32 Å². The topological polar surface area (TPSA) is 212 Å². The molecule has 1 heterocycles. The number of aliphatic hydroxyl groups excluding tert-OH is 5. The molecule has 1 aliphatic heterocycles. The third-order valence-corrected chi connectivity index (χ3v) is 13.4. The second-order valence-corrected chi connectivity index (χ2v) is 20.0. The van der Waals surface area contributed by atoms with Crippen LogP contribution in [0.15, 0.2) is 12.2 Å². The van der Waals surface area contributed by atoms with Gasteiger partial charge in [0.05, 0.1) is 25.4 Å². The Morgan fingerprint density at radius 1 is 0.600 bits per heavy atom. The lowest BCUT2D eigenvalue weighted by molar-refractivity contribution is -0.298. The van der Waals surface area contributed by atoms with E-state index in [1.54, 1.807) is 0 Å². The number of hydrogen-bond acceptors (Lipinski definition) is 11. The second kappa shape index (κ2) is 41.7. The number of aliphatic hydroxyl groups is 5. The molecule has 1 saturated heterocycles. The van der Waals surface area contributed by atoms with Crippen molar-refractivity contribution in [3.8, 4) is 0 Å². The number of unbranched alkanes of at least 4 members (excludes halogenated alkanes) is 31. The summed E-state index contributed by atoms with van der Waals surface area (Å²) >= 11 is 0. The first-order chi connectivity index (χ1) is 31.4. The van der Waals surface area contributed by atoms with E-state index in [9.17, 15) is 43.3 Å². The van der Waals surface area contributed by atoms with Gasteiger partial charge < -0.3 is 40.3 Å². The largest absolute Gasteiger partial charge is 0.397 e. The van der Waals surface area contributed by atoms with Gasteiger partial charge in [-0.05, 0) is 38.5 Å². The highest BCUT2D eigenvalue weighted by atomic mass is 32.3. The standard InChI is InChI=1S/C51H99NO12S/c1-3-5-7-9-11-13-15-17-19-20-21-22-23-24-26-28-30-32-34-36-38-40-45(55)50(58)52-43(42-62-51-48(57)49(64-65(59,60)61)47(56)46(41-53)63-51)44(54)39-37-35-33-31-29-27-25-18-16-14-12-10-8-6-4-2/h23-24,43-49,51,53-57H,3-22,25-42H2,1-2H3,(H,52,58)(H,59,60,61)/b24-23-. The van der Waals surface area contributed by atoms with Crippen molar-refractivity contribution in [3.63, 3.8) is 0 Å². The number of carbonyl (C=O) groups excluding carboxylic acids is 1. The van der Waals surface area contributed by atoms with E-state index in [-0.39, 0.29) is 6.42 Å². The Labute approximate surface area is 396 Å². The Hall–Kier alpha value is -1.20. The van der Waals surface area contributed by atoms with Crippen LogP contribution in [-0.2, 0) is 28.9 Å². The van der Waals surface area contributed by atoms with Crippen LogP contribution in [0, 0.1) is 0 Å². The van der Waals surface area contributed by atoms with Gasteiger partial charge in [0.2, 0.25) is 5.91 Å². The predicted molar refractivity (Wildman–Crippen MR) is 261 cm³/mol. The molecule has 1 aliphatic rings. The molecule has 1 rings (SSSR count). The van der Waals surface area contributed by atoms with Crippen molar-refractivity contribution in [1.82, 2.24) is 5.32 Å². The fourth-order valence-electron chi connectivity index (χ4n) is 8.70. The van der Waals surface area contributed by atoms with Crippen molar-refractivity contribution < 1.29 is 57.0 Å². The van der Waals surface area contributed by atoms with E-state index in [0.717, 1.165) is 57.8 Å². The van der Waals surface area contributed by atoms with Crippen molar-refractivity contribution in [3.05, 3.63) is 12.2 Å². The molecule has 0 bridgehead atoms. The molecule has 0 aliphatic carbocycles. The van der Waals surface area contributed by atoms with E-state index >= 15 is 0 Å². The fraction of sp³-hybridized carbons (Fsp3) is 0.941. The predicted octanol–water partition coefficient (Wildman–Crippen LogP) is 10.5. The van der Waals surface area contributed by atoms with Gasteiger partial charge in [0.25, 0.3) is 0 Å². The molecule has 1 amide bonds. The number of amides is 1. The third-order valence-electron chi connectivity index (χ3n) is 12.9. The highest BCUT2D eigenvalue weighted by Crippen LogP contribution is 2.26. The summed E-state index contributed by atoms with van der Waals surface area (Å²) in [4.78, 5) is 13.2. The van der Waals surface area contributed by atoms with Crippen LogP contribution in [-0.4, -0.2) is 107 Å². The van der Waals surface area contributed by atoms with Gasteiger partial charge in [0.1, 0.15) is 30.5 Å². The summed E-state index contributed by atoms with van der Waals surface area (Å²) in [5.74, 6) is -0.671. The van der Waals surface area contributed by atoms with Gasteiger partial charge in [0.15, 0.2) is 6.29 Å². The normalized spacial score (nSPS) is 20.6. The number of carbonyl (C=O) groups is 1. The SMILES string of the molecule is CCCCCCCCCCCCC/C=C\CCCCCCCCC(O)C(=O)NC(COC1OC(CO)C(O)C(OS(=O)(=O)O)C1O)C(O)CCCCCCCCCCCCCCCCC. The maximum Gasteiger partial charge on any atom is 0.397 e. The summed E-state index contributed by atoms with van der Waals surface area (Å²) < 4.78 is 47.7. The van der Waals surface area contributed by atoms with Gasteiger partial charge in [-0.3, -0.25) is 9.35 Å². The summed E-state index contributed by atoms with van der Waals surface area (Å²) in [5.41, 5.74) is 0. The summed E-state index contributed by atoms with van der Waals surface area (Å²) in [6.07, 6.45) is 35.3. The van der Waals surface area contributed by atoms with Crippen LogP contribution >= 0.6 is 0 Å².